The highest BCUT2D eigenvalue weighted by Gasteiger charge is 2.18. The lowest BCUT2D eigenvalue weighted by Crippen LogP contribution is -2.01. The van der Waals surface area contributed by atoms with Crippen LogP contribution in [-0.4, -0.2) is 14.9 Å². The minimum atomic E-state index is -0.732. The molecule has 0 bridgehead atoms. The number of hydrogen-bond donors (Lipinski definition) is 0. The molecular formula is C13H11ClFN3O3. The number of ether oxygens (including phenoxy) is 1. The van der Waals surface area contributed by atoms with Crippen LogP contribution in [0.2, 0.25) is 5.15 Å². The smallest absolute Gasteiger partial charge is 0.314 e. The van der Waals surface area contributed by atoms with Gasteiger partial charge in [-0.1, -0.05) is 25.4 Å². The summed E-state index contributed by atoms with van der Waals surface area (Å²) in [6, 6.07) is 4.34. The largest absolute Gasteiger partial charge is 0.432 e. The van der Waals surface area contributed by atoms with Crippen molar-refractivity contribution in [1.29, 1.82) is 0 Å². The topological polar surface area (TPSA) is 78.2 Å². The Hall–Kier alpha value is -2.28. The average Bonchev–Trinajstić information content (AvgIpc) is 2.40. The second-order valence-corrected chi connectivity index (χ2v) is 4.90. The molecule has 2 aromatic rings. The van der Waals surface area contributed by atoms with Crippen molar-refractivity contribution in [2.45, 2.75) is 19.8 Å². The van der Waals surface area contributed by atoms with Crippen molar-refractivity contribution in [2.75, 3.05) is 0 Å². The minimum absolute atomic E-state index is 0.00857. The van der Waals surface area contributed by atoms with Crippen LogP contribution in [-0.2, 0) is 0 Å². The molecular weight excluding hydrogens is 301 g/mol. The first-order chi connectivity index (χ1) is 9.86. The molecule has 0 N–H and O–H groups in total. The van der Waals surface area contributed by atoms with Crippen LogP contribution in [0.15, 0.2) is 24.3 Å². The zero-order chi connectivity index (χ0) is 15.6. The number of benzene rings is 1. The molecule has 1 heterocycles. The molecule has 0 aliphatic heterocycles. The van der Waals surface area contributed by atoms with Crippen LogP contribution in [0.25, 0.3) is 0 Å². The van der Waals surface area contributed by atoms with Gasteiger partial charge in [0.05, 0.1) is 11.0 Å². The monoisotopic (exact) mass is 311 g/mol. The van der Waals surface area contributed by atoms with Crippen LogP contribution in [0.5, 0.6) is 11.6 Å². The molecule has 0 spiro atoms. The molecule has 0 saturated heterocycles. The molecule has 0 fully saturated rings. The SMILES string of the molecule is CC(C)c1nc(Cl)cc(Oc2ccc(F)cc2[N+](=O)[O-])n1. The third kappa shape index (κ3) is 3.63. The van der Waals surface area contributed by atoms with E-state index >= 15 is 0 Å². The summed E-state index contributed by atoms with van der Waals surface area (Å²) in [7, 11) is 0. The standard InChI is InChI=1S/C13H11ClFN3O3/c1-7(2)13-16-11(14)6-12(17-13)21-10-4-3-8(15)5-9(10)18(19)20/h3-7H,1-2H3. The van der Waals surface area contributed by atoms with Gasteiger partial charge in [0.15, 0.2) is 0 Å². The number of nitro groups is 1. The van der Waals surface area contributed by atoms with E-state index < -0.39 is 16.4 Å². The van der Waals surface area contributed by atoms with E-state index in [4.69, 9.17) is 16.3 Å². The summed E-state index contributed by atoms with van der Waals surface area (Å²) in [4.78, 5) is 18.3. The number of rotatable bonds is 4. The Balaban J connectivity index is 2.41. The molecule has 1 aromatic carbocycles. The van der Waals surface area contributed by atoms with Gasteiger partial charge in [-0.2, -0.15) is 4.98 Å². The van der Waals surface area contributed by atoms with Crippen molar-refractivity contribution in [3.63, 3.8) is 0 Å². The van der Waals surface area contributed by atoms with E-state index in [1.165, 1.54) is 12.1 Å². The summed E-state index contributed by atoms with van der Waals surface area (Å²) >= 11 is 5.86. The van der Waals surface area contributed by atoms with Gasteiger partial charge in [-0.3, -0.25) is 10.1 Å². The Morgan fingerprint density at radius 2 is 2.05 bits per heavy atom. The number of hydrogen-bond acceptors (Lipinski definition) is 5. The molecule has 0 unspecified atom stereocenters. The predicted octanol–water partition coefficient (Wildman–Crippen LogP) is 4.09. The van der Waals surface area contributed by atoms with E-state index in [9.17, 15) is 14.5 Å². The van der Waals surface area contributed by atoms with E-state index in [0.717, 1.165) is 12.1 Å². The molecule has 21 heavy (non-hydrogen) atoms. The van der Waals surface area contributed by atoms with E-state index in [2.05, 4.69) is 9.97 Å². The molecule has 0 aliphatic rings. The minimum Gasteiger partial charge on any atom is -0.432 e. The van der Waals surface area contributed by atoms with Gasteiger partial charge < -0.3 is 4.74 Å². The van der Waals surface area contributed by atoms with Crippen molar-refractivity contribution >= 4 is 17.3 Å². The highest BCUT2D eigenvalue weighted by molar-refractivity contribution is 6.29. The van der Waals surface area contributed by atoms with Crippen molar-refractivity contribution in [2.24, 2.45) is 0 Å². The number of nitro benzene ring substituents is 1. The molecule has 1 aromatic heterocycles. The lowest BCUT2D eigenvalue weighted by molar-refractivity contribution is -0.385. The first-order valence-electron chi connectivity index (χ1n) is 6.03. The summed E-state index contributed by atoms with van der Waals surface area (Å²) in [5.41, 5.74) is -0.490. The maximum Gasteiger partial charge on any atom is 0.314 e. The Kier molecular flexibility index (Phi) is 4.32. The van der Waals surface area contributed by atoms with Gasteiger partial charge in [-0.05, 0) is 12.1 Å². The van der Waals surface area contributed by atoms with E-state index in [1.807, 2.05) is 13.8 Å². The molecule has 2 rings (SSSR count). The molecule has 6 nitrogen and oxygen atoms in total. The highest BCUT2D eigenvalue weighted by atomic mass is 35.5. The Labute approximate surface area is 124 Å². The summed E-state index contributed by atoms with van der Waals surface area (Å²) in [5, 5.41) is 11.1. The molecule has 0 atom stereocenters. The van der Waals surface area contributed by atoms with Crippen LogP contribution in [0, 0.1) is 15.9 Å². The van der Waals surface area contributed by atoms with Crippen molar-refractivity contribution < 1.29 is 14.1 Å². The normalized spacial score (nSPS) is 10.7. The zero-order valence-corrected chi connectivity index (χ0v) is 12.0. The third-order valence-electron chi connectivity index (χ3n) is 2.54. The van der Waals surface area contributed by atoms with Crippen LogP contribution < -0.4 is 4.74 Å². The highest BCUT2D eigenvalue weighted by Crippen LogP contribution is 2.32. The van der Waals surface area contributed by atoms with Crippen molar-refractivity contribution in [1.82, 2.24) is 9.97 Å². The second kappa shape index (κ2) is 6.01. The van der Waals surface area contributed by atoms with Gasteiger partial charge in [-0.15, -0.1) is 0 Å². The molecule has 110 valence electrons. The van der Waals surface area contributed by atoms with Gasteiger partial charge in [0, 0.05) is 12.0 Å². The Bertz CT molecular complexity index is 694. The fourth-order valence-electron chi connectivity index (χ4n) is 1.56. The number of nitrogens with zero attached hydrogens (tertiary/aromatic N) is 3. The Morgan fingerprint density at radius 1 is 1.33 bits per heavy atom. The summed E-state index contributed by atoms with van der Waals surface area (Å²) in [5.74, 6) is -0.326. The van der Waals surface area contributed by atoms with Gasteiger partial charge in [-0.25, -0.2) is 9.37 Å². The Morgan fingerprint density at radius 3 is 2.67 bits per heavy atom. The predicted molar refractivity (Wildman–Crippen MR) is 74.3 cm³/mol. The number of halogens is 2. The van der Waals surface area contributed by atoms with Gasteiger partial charge in [0.25, 0.3) is 0 Å². The lowest BCUT2D eigenvalue weighted by Gasteiger charge is -2.09. The fourth-order valence-corrected chi connectivity index (χ4v) is 1.74. The molecule has 0 aliphatic carbocycles. The summed E-state index contributed by atoms with van der Waals surface area (Å²) in [6.45, 7) is 3.74. The van der Waals surface area contributed by atoms with E-state index in [1.54, 1.807) is 0 Å². The van der Waals surface area contributed by atoms with Crippen molar-refractivity contribution in [3.8, 4) is 11.6 Å². The van der Waals surface area contributed by atoms with Crippen LogP contribution in [0.3, 0.4) is 0 Å². The molecule has 8 heteroatoms. The summed E-state index contributed by atoms with van der Waals surface area (Å²) < 4.78 is 18.4. The van der Waals surface area contributed by atoms with Crippen LogP contribution in [0.4, 0.5) is 10.1 Å². The van der Waals surface area contributed by atoms with Crippen molar-refractivity contribution in [3.05, 3.63) is 51.2 Å². The molecule has 0 radical (unpaired) electrons. The summed E-state index contributed by atoms with van der Waals surface area (Å²) in [6.07, 6.45) is 0. The fraction of sp³-hybridized carbons (Fsp3) is 0.231. The number of aromatic nitrogens is 2. The first kappa shape index (κ1) is 15.1. The average molecular weight is 312 g/mol. The lowest BCUT2D eigenvalue weighted by atomic mass is 10.2. The van der Waals surface area contributed by atoms with Gasteiger partial charge in [0.1, 0.15) is 16.8 Å². The maximum absolute atomic E-state index is 13.1. The van der Waals surface area contributed by atoms with Gasteiger partial charge >= 0.3 is 5.69 Å². The third-order valence-corrected chi connectivity index (χ3v) is 2.73. The zero-order valence-electron chi connectivity index (χ0n) is 11.2. The maximum atomic E-state index is 13.1. The quantitative estimate of drug-likeness (QED) is 0.482. The second-order valence-electron chi connectivity index (χ2n) is 4.51. The van der Waals surface area contributed by atoms with E-state index in [0.29, 0.717) is 5.82 Å². The molecule has 0 saturated carbocycles. The first-order valence-corrected chi connectivity index (χ1v) is 6.41. The van der Waals surface area contributed by atoms with E-state index in [-0.39, 0.29) is 22.7 Å². The van der Waals surface area contributed by atoms with Gasteiger partial charge in [0.2, 0.25) is 11.6 Å². The van der Waals surface area contributed by atoms with Crippen LogP contribution >= 0.6 is 11.6 Å². The molecule has 0 amide bonds. The van der Waals surface area contributed by atoms with Crippen LogP contribution in [0.1, 0.15) is 25.6 Å².